The molecule has 0 radical (unpaired) electrons. The van der Waals surface area contributed by atoms with E-state index in [-0.39, 0.29) is 37.5 Å². The molecule has 0 aliphatic heterocycles. The fraction of sp³-hybridized carbons (Fsp3) is 0.833. The Balaban J connectivity index is 4.74. The van der Waals surface area contributed by atoms with Crippen molar-refractivity contribution in [2.24, 2.45) is 5.41 Å². The molecule has 2 N–H and O–H groups in total. The number of amides is 1. The molecule has 0 heterocycles. The van der Waals surface area contributed by atoms with Crippen molar-refractivity contribution < 1.29 is 41.6 Å². The van der Waals surface area contributed by atoms with E-state index in [9.17, 15) is 27.9 Å². The molecule has 0 aromatic rings. The minimum absolute atomic E-state index is 0.111. The van der Waals surface area contributed by atoms with Crippen LogP contribution in [0.25, 0.3) is 0 Å². The minimum Gasteiger partial charge on any atom is -0.425 e. The van der Waals surface area contributed by atoms with Crippen molar-refractivity contribution in [2.75, 3.05) is 18.9 Å². The Labute approximate surface area is 172 Å². The first-order valence-corrected chi connectivity index (χ1v) is 11.1. The molecule has 0 aliphatic rings. The third kappa shape index (κ3) is 11.8. The Bertz CT molecular complexity index is 646. The van der Waals surface area contributed by atoms with Crippen LogP contribution in [0, 0.1) is 5.41 Å². The predicted octanol–water partition coefficient (Wildman–Crippen LogP) is 0.869. The number of hydrogen-bond acceptors (Lipinski definition) is 9. The lowest BCUT2D eigenvalue weighted by molar-refractivity contribution is -0.199. The molecule has 1 unspecified atom stereocenters. The second-order valence-electron chi connectivity index (χ2n) is 7.25. The van der Waals surface area contributed by atoms with Crippen molar-refractivity contribution in [2.45, 2.75) is 72.7 Å². The lowest BCUT2D eigenvalue weighted by Gasteiger charge is -2.29. The van der Waals surface area contributed by atoms with E-state index in [1.807, 2.05) is 6.92 Å². The number of aliphatic hydroxyl groups is 1. The molecule has 0 fully saturated rings. The Morgan fingerprint density at radius 2 is 1.76 bits per heavy atom. The summed E-state index contributed by atoms with van der Waals surface area (Å²) >= 11 is 0. The van der Waals surface area contributed by atoms with Crippen LogP contribution in [0.2, 0.25) is 0 Å². The average molecular weight is 440 g/mol. The number of nitrogens with one attached hydrogen (secondary N) is 1. The summed E-state index contributed by atoms with van der Waals surface area (Å²) in [5.74, 6) is -2.17. The van der Waals surface area contributed by atoms with Gasteiger partial charge in [-0.05, 0) is 12.8 Å². The van der Waals surface area contributed by atoms with Crippen LogP contribution in [-0.4, -0.2) is 62.7 Å². The van der Waals surface area contributed by atoms with E-state index in [4.69, 9.17) is 13.7 Å². The van der Waals surface area contributed by atoms with Gasteiger partial charge in [-0.3, -0.25) is 13.8 Å². The first-order chi connectivity index (χ1) is 13.3. The Hall–Kier alpha value is -1.72. The third-order valence-electron chi connectivity index (χ3n) is 3.84. The zero-order chi connectivity index (χ0) is 22.7. The maximum absolute atomic E-state index is 12.2. The molecule has 11 heteroatoms. The molecule has 0 aromatic carbocycles. The molecular weight excluding hydrogens is 406 g/mol. The van der Waals surface area contributed by atoms with Crippen molar-refractivity contribution in [3.63, 3.8) is 0 Å². The Kier molecular flexibility index (Phi) is 12.0. The van der Waals surface area contributed by atoms with Gasteiger partial charge in [0.25, 0.3) is 10.1 Å². The van der Waals surface area contributed by atoms with Crippen LogP contribution < -0.4 is 5.32 Å². The summed E-state index contributed by atoms with van der Waals surface area (Å²) in [6.45, 7) is 7.34. The van der Waals surface area contributed by atoms with Crippen molar-refractivity contribution in [3.8, 4) is 0 Å². The van der Waals surface area contributed by atoms with Gasteiger partial charge < -0.3 is 19.9 Å². The van der Waals surface area contributed by atoms with Gasteiger partial charge in [0.1, 0.15) is 0 Å². The molecule has 2 atom stereocenters. The smallest absolute Gasteiger partial charge is 0.338 e. The van der Waals surface area contributed by atoms with Gasteiger partial charge in [-0.1, -0.05) is 27.7 Å². The highest BCUT2D eigenvalue weighted by molar-refractivity contribution is 7.86. The number of hydrogen-bond donors (Lipinski definition) is 2. The largest absolute Gasteiger partial charge is 0.425 e. The number of carbonyl (C=O) groups excluding carboxylic acids is 3. The van der Waals surface area contributed by atoms with Crippen LogP contribution in [0.3, 0.4) is 0 Å². The van der Waals surface area contributed by atoms with Gasteiger partial charge >= 0.3 is 11.9 Å². The second kappa shape index (κ2) is 12.8. The number of esters is 2. The fourth-order valence-corrected chi connectivity index (χ4v) is 3.11. The predicted molar refractivity (Wildman–Crippen MR) is 104 cm³/mol. The summed E-state index contributed by atoms with van der Waals surface area (Å²) in [4.78, 5) is 34.4. The van der Waals surface area contributed by atoms with E-state index in [0.717, 1.165) is 0 Å². The number of aliphatic hydroxyl groups excluding tert-OH is 1. The Morgan fingerprint density at radius 3 is 2.28 bits per heavy atom. The molecule has 1 amide bonds. The summed E-state index contributed by atoms with van der Waals surface area (Å²) < 4.78 is 38.9. The molecule has 0 spiro atoms. The zero-order valence-electron chi connectivity index (χ0n) is 17.7. The van der Waals surface area contributed by atoms with E-state index < -0.39 is 46.5 Å². The fourth-order valence-electron chi connectivity index (χ4n) is 2.01. The first kappa shape index (κ1) is 27.3. The highest BCUT2D eigenvalue weighted by Crippen LogP contribution is 2.24. The number of ether oxygens (including phenoxy) is 2. The summed E-state index contributed by atoms with van der Waals surface area (Å²) in [6, 6.07) is 0. The van der Waals surface area contributed by atoms with Crippen LogP contribution in [0.5, 0.6) is 0 Å². The van der Waals surface area contributed by atoms with Gasteiger partial charge in [-0.25, -0.2) is 4.79 Å². The molecular formula is C18H33NO9S. The van der Waals surface area contributed by atoms with E-state index in [0.29, 0.717) is 6.42 Å². The minimum atomic E-state index is -3.91. The molecule has 0 rings (SSSR count). The topological polar surface area (TPSA) is 145 Å². The van der Waals surface area contributed by atoms with Crippen LogP contribution in [-0.2, 0) is 38.2 Å². The first-order valence-electron chi connectivity index (χ1n) is 9.54. The summed E-state index contributed by atoms with van der Waals surface area (Å²) in [5, 5.41) is 12.8. The monoisotopic (exact) mass is 439 g/mol. The van der Waals surface area contributed by atoms with Crippen LogP contribution in [0.15, 0.2) is 0 Å². The molecule has 0 bridgehead atoms. The van der Waals surface area contributed by atoms with Gasteiger partial charge in [0.2, 0.25) is 12.2 Å². The Morgan fingerprint density at radius 1 is 1.14 bits per heavy atom. The van der Waals surface area contributed by atoms with E-state index >= 15 is 0 Å². The maximum Gasteiger partial charge on any atom is 0.338 e. The summed E-state index contributed by atoms with van der Waals surface area (Å²) in [7, 11) is -3.91. The molecule has 10 nitrogen and oxygen atoms in total. The molecule has 0 aromatic heterocycles. The molecule has 29 heavy (non-hydrogen) atoms. The van der Waals surface area contributed by atoms with Gasteiger partial charge in [-0.2, -0.15) is 8.42 Å². The molecule has 0 aliphatic carbocycles. The van der Waals surface area contributed by atoms with Crippen molar-refractivity contribution in [1.82, 2.24) is 5.32 Å². The van der Waals surface area contributed by atoms with E-state index in [2.05, 4.69) is 5.32 Å². The number of carbonyl (C=O) groups is 3. The summed E-state index contributed by atoms with van der Waals surface area (Å²) in [6.07, 6.45) is -1.70. The van der Waals surface area contributed by atoms with Crippen LogP contribution in [0.4, 0.5) is 0 Å². The van der Waals surface area contributed by atoms with Crippen LogP contribution >= 0.6 is 0 Å². The molecule has 170 valence electrons. The zero-order valence-corrected chi connectivity index (χ0v) is 18.5. The van der Waals surface area contributed by atoms with Crippen molar-refractivity contribution in [1.29, 1.82) is 0 Å². The standard InChI is InChI=1S/C18H33NO9S/c1-6-9-15(27-14(21)7-2)28-17(23)16(22)18(4,5)12-26-29(24,25)11-8-10-19-13(3)20/h15-16,22H,6-12H2,1-5H3,(H,19,20)/t15?,16-/m0/s1. The van der Waals surface area contributed by atoms with Crippen molar-refractivity contribution in [3.05, 3.63) is 0 Å². The molecule has 0 saturated heterocycles. The van der Waals surface area contributed by atoms with E-state index in [1.54, 1.807) is 6.92 Å². The SMILES string of the molecule is CCCC(OC(=O)CC)OC(=O)[C@H](O)C(C)(C)COS(=O)(=O)CCCNC(C)=O. The quantitative estimate of drug-likeness (QED) is 0.174. The number of rotatable bonds is 14. The van der Waals surface area contributed by atoms with Gasteiger partial charge in [-0.15, -0.1) is 0 Å². The highest BCUT2D eigenvalue weighted by Gasteiger charge is 2.38. The van der Waals surface area contributed by atoms with Crippen LogP contribution in [0.1, 0.15) is 60.3 Å². The lowest BCUT2D eigenvalue weighted by Crippen LogP contribution is -2.43. The van der Waals surface area contributed by atoms with Gasteiger partial charge in [0.15, 0.2) is 6.10 Å². The second-order valence-corrected chi connectivity index (χ2v) is 9.01. The maximum atomic E-state index is 12.2. The van der Waals surface area contributed by atoms with Crippen molar-refractivity contribution >= 4 is 28.0 Å². The summed E-state index contributed by atoms with van der Waals surface area (Å²) in [5.41, 5.74) is -1.28. The van der Waals surface area contributed by atoms with Gasteiger partial charge in [0, 0.05) is 31.7 Å². The van der Waals surface area contributed by atoms with E-state index in [1.165, 1.54) is 20.8 Å². The molecule has 0 saturated carbocycles. The average Bonchev–Trinajstić information content (AvgIpc) is 2.63. The third-order valence-corrected chi connectivity index (χ3v) is 5.11. The normalized spacial score (nSPS) is 14.0. The highest BCUT2D eigenvalue weighted by atomic mass is 32.2. The lowest BCUT2D eigenvalue weighted by atomic mass is 9.87. The van der Waals surface area contributed by atoms with Gasteiger partial charge in [0.05, 0.1) is 12.4 Å².